The summed E-state index contributed by atoms with van der Waals surface area (Å²) in [5.41, 5.74) is 3.64. The molecule has 4 rings (SSSR count). The molecule has 1 saturated heterocycles. The molecule has 0 spiro atoms. The third-order valence-electron chi connectivity index (χ3n) is 5.78. The topological polar surface area (TPSA) is 88.9 Å². The highest BCUT2D eigenvalue weighted by Crippen LogP contribution is 2.21. The zero-order chi connectivity index (χ0) is 22.2. The van der Waals surface area contributed by atoms with Gasteiger partial charge in [-0.05, 0) is 81.0 Å². The van der Waals surface area contributed by atoms with E-state index in [4.69, 9.17) is 4.74 Å². The highest BCUT2D eigenvalue weighted by Gasteiger charge is 2.25. The molecule has 166 valence electrons. The lowest BCUT2D eigenvalue weighted by molar-refractivity contribution is 0.0657. The van der Waals surface area contributed by atoms with Gasteiger partial charge >= 0.3 is 0 Å². The Morgan fingerprint density at radius 2 is 2.03 bits per heavy atom. The van der Waals surface area contributed by atoms with Crippen LogP contribution in [-0.2, 0) is 23.4 Å². The molecular formula is C23H32N6O2. The first-order chi connectivity index (χ1) is 14.7. The summed E-state index contributed by atoms with van der Waals surface area (Å²) in [5, 5.41) is 13.4. The minimum Gasteiger partial charge on any atom is -0.377 e. The van der Waals surface area contributed by atoms with Gasteiger partial charge in [0.05, 0.1) is 23.7 Å². The van der Waals surface area contributed by atoms with Crippen molar-refractivity contribution in [2.45, 2.75) is 72.2 Å². The van der Waals surface area contributed by atoms with Crippen molar-refractivity contribution in [2.24, 2.45) is 0 Å². The zero-order valence-electron chi connectivity index (χ0n) is 19.1. The van der Waals surface area contributed by atoms with E-state index in [-0.39, 0.29) is 17.2 Å². The van der Waals surface area contributed by atoms with Gasteiger partial charge < -0.3 is 9.72 Å². The van der Waals surface area contributed by atoms with Crippen LogP contribution in [0, 0.1) is 13.8 Å². The molecule has 1 N–H and O–H groups in total. The van der Waals surface area contributed by atoms with E-state index >= 15 is 0 Å². The molecule has 0 radical (unpaired) electrons. The van der Waals surface area contributed by atoms with Gasteiger partial charge in [-0.2, -0.15) is 0 Å². The summed E-state index contributed by atoms with van der Waals surface area (Å²) in [6, 6.07) is 6.23. The van der Waals surface area contributed by atoms with E-state index < -0.39 is 0 Å². The van der Waals surface area contributed by atoms with Crippen LogP contribution in [0.25, 0.3) is 10.9 Å². The summed E-state index contributed by atoms with van der Waals surface area (Å²) in [6.07, 6.45) is 2.28. The lowest BCUT2D eigenvalue weighted by Gasteiger charge is -2.26. The SMILES string of the molecule is Cc1cc(C)c2[nH]c(=O)c(CN(Cc3nnnn3C(C)(C)C)CC3CCCO3)cc2c1. The Hall–Kier alpha value is -2.58. The molecule has 1 aliphatic heterocycles. The van der Waals surface area contributed by atoms with E-state index in [0.29, 0.717) is 13.1 Å². The van der Waals surface area contributed by atoms with Crippen molar-refractivity contribution in [2.75, 3.05) is 13.2 Å². The number of aromatic nitrogens is 5. The van der Waals surface area contributed by atoms with Gasteiger partial charge in [-0.3, -0.25) is 9.69 Å². The van der Waals surface area contributed by atoms with Gasteiger partial charge in [-0.1, -0.05) is 11.6 Å². The number of benzene rings is 1. The number of pyridine rings is 1. The normalized spacial score (nSPS) is 17.2. The standard InChI is InChI=1S/C23H32N6O2/c1-15-9-16(2)21-17(10-15)11-18(22(30)24-21)12-28(13-19-7-6-8-31-19)14-20-25-26-27-29(20)23(3,4)5/h9-11,19H,6-8,12-14H2,1-5H3,(H,24,30). The first-order valence-corrected chi connectivity index (χ1v) is 11.0. The van der Waals surface area contributed by atoms with E-state index in [1.807, 2.05) is 17.7 Å². The van der Waals surface area contributed by atoms with Gasteiger partial charge in [0.1, 0.15) is 0 Å². The maximum atomic E-state index is 12.9. The smallest absolute Gasteiger partial charge is 0.252 e. The Balaban J connectivity index is 1.65. The summed E-state index contributed by atoms with van der Waals surface area (Å²) in [4.78, 5) is 18.2. The van der Waals surface area contributed by atoms with Crippen LogP contribution < -0.4 is 5.56 Å². The Bertz CT molecular complexity index is 1120. The third kappa shape index (κ3) is 4.85. The highest BCUT2D eigenvalue weighted by atomic mass is 16.5. The first kappa shape index (κ1) is 21.6. The van der Waals surface area contributed by atoms with Crippen LogP contribution >= 0.6 is 0 Å². The van der Waals surface area contributed by atoms with Gasteiger partial charge in [-0.15, -0.1) is 5.10 Å². The molecule has 1 unspecified atom stereocenters. The summed E-state index contributed by atoms with van der Waals surface area (Å²) in [6.45, 7) is 12.9. The molecule has 1 aliphatic rings. The van der Waals surface area contributed by atoms with Crippen molar-refractivity contribution in [1.82, 2.24) is 30.1 Å². The minimum absolute atomic E-state index is 0.0489. The molecule has 1 aromatic carbocycles. The molecule has 1 atom stereocenters. The second kappa shape index (κ2) is 8.51. The van der Waals surface area contributed by atoms with Crippen LogP contribution in [-0.4, -0.2) is 49.3 Å². The number of tetrazole rings is 1. The van der Waals surface area contributed by atoms with Gasteiger partial charge in [0.25, 0.3) is 5.56 Å². The number of hydrogen-bond acceptors (Lipinski definition) is 6. The highest BCUT2D eigenvalue weighted by molar-refractivity contribution is 5.82. The number of aryl methyl sites for hydroxylation is 2. The predicted molar refractivity (Wildman–Crippen MR) is 120 cm³/mol. The van der Waals surface area contributed by atoms with Crippen molar-refractivity contribution in [1.29, 1.82) is 0 Å². The van der Waals surface area contributed by atoms with Crippen LogP contribution in [0.1, 0.15) is 56.1 Å². The number of aromatic amines is 1. The maximum Gasteiger partial charge on any atom is 0.252 e. The minimum atomic E-state index is -0.218. The molecule has 0 bridgehead atoms. The molecule has 8 nitrogen and oxygen atoms in total. The number of fused-ring (bicyclic) bond motifs is 1. The third-order valence-corrected chi connectivity index (χ3v) is 5.78. The number of hydrogen-bond donors (Lipinski definition) is 1. The van der Waals surface area contributed by atoms with E-state index in [1.165, 1.54) is 5.56 Å². The molecule has 0 amide bonds. The molecule has 0 aliphatic carbocycles. The lowest BCUT2D eigenvalue weighted by Crippen LogP contribution is -2.35. The number of ether oxygens (including phenoxy) is 1. The number of nitrogens with one attached hydrogen (secondary N) is 1. The molecule has 3 heterocycles. The Morgan fingerprint density at radius 3 is 2.74 bits per heavy atom. The van der Waals surface area contributed by atoms with E-state index in [9.17, 15) is 4.79 Å². The van der Waals surface area contributed by atoms with E-state index in [2.05, 4.69) is 65.2 Å². The average molecular weight is 425 g/mol. The van der Waals surface area contributed by atoms with Crippen LogP contribution in [0.2, 0.25) is 0 Å². The number of H-pyrrole nitrogens is 1. The summed E-state index contributed by atoms with van der Waals surface area (Å²) in [7, 11) is 0. The molecule has 3 aromatic rings. The van der Waals surface area contributed by atoms with Crippen molar-refractivity contribution >= 4 is 10.9 Å². The van der Waals surface area contributed by atoms with E-state index in [1.54, 1.807) is 0 Å². The van der Waals surface area contributed by atoms with Crippen molar-refractivity contribution in [3.05, 3.63) is 51.1 Å². The van der Waals surface area contributed by atoms with E-state index in [0.717, 1.165) is 53.8 Å². The van der Waals surface area contributed by atoms with Crippen LogP contribution in [0.5, 0.6) is 0 Å². The fourth-order valence-electron chi connectivity index (χ4n) is 4.38. The Morgan fingerprint density at radius 1 is 1.23 bits per heavy atom. The maximum absolute atomic E-state index is 12.9. The molecule has 2 aromatic heterocycles. The first-order valence-electron chi connectivity index (χ1n) is 11.0. The van der Waals surface area contributed by atoms with Crippen molar-refractivity contribution in [3.63, 3.8) is 0 Å². The quantitative estimate of drug-likeness (QED) is 0.654. The van der Waals surface area contributed by atoms with Gasteiger partial charge in [-0.25, -0.2) is 4.68 Å². The Kier molecular flexibility index (Phi) is 5.94. The second-order valence-electron chi connectivity index (χ2n) is 9.65. The average Bonchev–Trinajstić information content (AvgIpc) is 3.34. The van der Waals surface area contributed by atoms with Gasteiger partial charge in [0.15, 0.2) is 5.82 Å². The van der Waals surface area contributed by atoms with Crippen LogP contribution in [0.15, 0.2) is 23.0 Å². The number of rotatable bonds is 6. The fraction of sp³-hybridized carbons (Fsp3) is 0.565. The lowest BCUT2D eigenvalue weighted by atomic mass is 10.0. The molecular weight excluding hydrogens is 392 g/mol. The molecule has 8 heteroatoms. The summed E-state index contributed by atoms with van der Waals surface area (Å²) >= 11 is 0. The monoisotopic (exact) mass is 424 g/mol. The largest absolute Gasteiger partial charge is 0.377 e. The zero-order valence-corrected chi connectivity index (χ0v) is 19.1. The fourth-order valence-corrected chi connectivity index (χ4v) is 4.38. The molecule has 1 fully saturated rings. The molecule has 0 saturated carbocycles. The molecule has 31 heavy (non-hydrogen) atoms. The van der Waals surface area contributed by atoms with Crippen molar-refractivity contribution in [3.8, 4) is 0 Å². The van der Waals surface area contributed by atoms with Crippen molar-refractivity contribution < 1.29 is 4.74 Å². The van der Waals surface area contributed by atoms with Gasteiger partial charge in [0, 0.05) is 25.3 Å². The Labute approximate surface area is 182 Å². The summed E-state index contributed by atoms with van der Waals surface area (Å²) in [5.74, 6) is 0.786. The van der Waals surface area contributed by atoms with Crippen LogP contribution in [0.4, 0.5) is 0 Å². The summed E-state index contributed by atoms with van der Waals surface area (Å²) < 4.78 is 7.74. The predicted octanol–water partition coefficient (Wildman–Crippen LogP) is 3.07. The second-order valence-corrected chi connectivity index (χ2v) is 9.65. The van der Waals surface area contributed by atoms with Crippen LogP contribution in [0.3, 0.4) is 0 Å². The van der Waals surface area contributed by atoms with Gasteiger partial charge in [0.2, 0.25) is 0 Å². The number of nitrogens with zero attached hydrogens (tertiary/aromatic N) is 5.